The Morgan fingerprint density at radius 3 is 2.61 bits per heavy atom. The first-order valence-electron chi connectivity index (χ1n) is 9.32. The first kappa shape index (κ1) is 20.5. The number of anilines is 1. The number of hydrogen-bond donors (Lipinski definition) is 2. The van der Waals surface area contributed by atoms with Crippen molar-refractivity contribution in [2.45, 2.75) is 18.7 Å². The van der Waals surface area contributed by atoms with Gasteiger partial charge in [-0.2, -0.15) is 4.99 Å². The van der Waals surface area contributed by atoms with E-state index in [1.165, 1.54) is 0 Å². The molecular formula is C19H29N5O4. The van der Waals surface area contributed by atoms with Crippen molar-refractivity contribution in [3.8, 4) is 0 Å². The van der Waals surface area contributed by atoms with Crippen LogP contribution in [0.25, 0.3) is 0 Å². The topological polar surface area (TPSA) is 102 Å². The van der Waals surface area contributed by atoms with Gasteiger partial charge in [-0.3, -0.25) is 14.6 Å². The number of fused-ring (bicyclic) bond motifs is 1. The van der Waals surface area contributed by atoms with Crippen molar-refractivity contribution in [2.24, 2.45) is 10.7 Å². The highest BCUT2D eigenvalue weighted by atomic mass is 16.5. The number of nitrogens with one attached hydrogen (secondary N) is 1. The molecule has 0 radical (unpaired) electrons. The molecule has 28 heavy (non-hydrogen) atoms. The summed E-state index contributed by atoms with van der Waals surface area (Å²) < 4.78 is 15.9. The van der Waals surface area contributed by atoms with E-state index in [-0.39, 0.29) is 24.0 Å². The van der Waals surface area contributed by atoms with E-state index < -0.39 is 0 Å². The van der Waals surface area contributed by atoms with E-state index >= 15 is 0 Å². The van der Waals surface area contributed by atoms with Gasteiger partial charge in [-0.1, -0.05) is 0 Å². The van der Waals surface area contributed by atoms with Crippen molar-refractivity contribution < 1.29 is 19.0 Å². The maximum Gasteiger partial charge on any atom is 0.287 e. The Hall–Kier alpha value is -2.20. The molecule has 3 rings (SSSR count). The average Bonchev–Trinajstić information content (AvgIpc) is 2.66. The number of nitrogens with two attached hydrogens (primary N) is 1. The molecule has 1 aromatic rings. The Bertz CT molecular complexity index is 710. The minimum absolute atomic E-state index is 0.0587. The normalized spacial score (nSPS) is 22.9. The molecule has 0 spiro atoms. The monoisotopic (exact) mass is 391 g/mol. The molecule has 1 unspecified atom stereocenters. The predicted octanol–water partition coefficient (Wildman–Crippen LogP) is 0.379. The Labute approximate surface area is 165 Å². The van der Waals surface area contributed by atoms with E-state index in [0.717, 1.165) is 30.0 Å². The zero-order valence-electron chi connectivity index (χ0n) is 16.7. The molecule has 1 aromatic carbocycles. The van der Waals surface area contributed by atoms with E-state index in [0.29, 0.717) is 26.4 Å². The Kier molecular flexibility index (Phi) is 6.84. The molecule has 2 aliphatic rings. The summed E-state index contributed by atoms with van der Waals surface area (Å²) in [6, 6.07) is 6.13. The minimum atomic E-state index is -0.0587. The quantitative estimate of drug-likeness (QED) is 0.693. The summed E-state index contributed by atoms with van der Waals surface area (Å²) in [5.41, 5.74) is 7.96. The molecule has 9 nitrogen and oxygen atoms in total. The smallest absolute Gasteiger partial charge is 0.287 e. The number of amides is 1. The lowest BCUT2D eigenvalue weighted by atomic mass is 10.1. The molecule has 0 aliphatic carbocycles. The zero-order chi connectivity index (χ0) is 20.1. The second-order valence-electron chi connectivity index (χ2n) is 7.21. The Morgan fingerprint density at radius 1 is 1.29 bits per heavy atom. The summed E-state index contributed by atoms with van der Waals surface area (Å²) in [5.74, 6) is -0.0587. The molecule has 154 valence electrons. The van der Waals surface area contributed by atoms with Gasteiger partial charge in [-0.15, -0.1) is 0 Å². The van der Waals surface area contributed by atoms with E-state index in [9.17, 15) is 4.79 Å². The molecule has 1 saturated heterocycles. The van der Waals surface area contributed by atoms with Gasteiger partial charge in [0.05, 0.1) is 25.4 Å². The van der Waals surface area contributed by atoms with Crippen LogP contribution in [0.2, 0.25) is 0 Å². The standard InChI is InChI=1S/C19H29N5O4/c1-23-15(11-26-2)7-24(8-16(23)12-27-3)9-18(25)21-14-4-5-17-13(6-14)10-28-19(20)22-17/h4-6,15-16H,7-12H2,1-3H3,(H2,20,22)(H,21,25)/t15-,16?/m0/s1. The molecule has 9 heteroatoms. The van der Waals surface area contributed by atoms with Crippen LogP contribution in [0, 0.1) is 0 Å². The summed E-state index contributed by atoms with van der Waals surface area (Å²) in [4.78, 5) is 21.2. The number of hydrogen-bond acceptors (Lipinski definition) is 8. The van der Waals surface area contributed by atoms with Gasteiger partial charge in [0.2, 0.25) is 5.91 Å². The molecule has 3 N–H and O–H groups in total. The van der Waals surface area contributed by atoms with Crippen LogP contribution in [0.1, 0.15) is 5.56 Å². The number of piperazine rings is 1. The van der Waals surface area contributed by atoms with Crippen LogP contribution in [-0.2, 0) is 25.6 Å². The molecule has 0 aromatic heterocycles. The van der Waals surface area contributed by atoms with Gasteiger partial charge in [-0.25, -0.2) is 0 Å². The first-order chi connectivity index (χ1) is 13.5. The third kappa shape index (κ3) is 4.99. The summed E-state index contributed by atoms with van der Waals surface area (Å²) in [5, 5.41) is 2.96. The highest BCUT2D eigenvalue weighted by Gasteiger charge is 2.32. The molecule has 0 saturated carbocycles. The van der Waals surface area contributed by atoms with Crippen LogP contribution in [-0.4, -0.2) is 87.9 Å². The predicted molar refractivity (Wildman–Crippen MR) is 107 cm³/mol. The van der Waals surface area contributed by atoms with Crippen LogP contribution in [0.4, 0.5) is 11.4 Å². The molecule has 1 amide bonds. The lowest BCUT2D eigenvalue weighted by Crippen LogP contribution is -2.60. The second-order valence-corrected chi connectivity index (χ2v) is 7.21. The van der Waals surface area contributed by atoms with E-state index in [1.807, 2.05) is 18.2 Å². The van der Waals surface area contributed by atoms with Gasteiger partial charge in [0.15, 0.2) is 0 Å². The SMILES string of the molecule is COCC1CN(CC(=O)Nc2ccc3c(c2)COC(N)=N3)C[C@@H](COC)N1C. The fourth-order valence-corrected chi connectivity index (χ4v) is 3.68. The number of methoxy groups -OCH3 is 2. The molecule has 2 aliphatic heterocycles. The third-order valence-electron chi connectivity index (χ3n) is 5.14. The number of benzene rings is 1. The number of rotatable bonds is 7. The summed E-state index contributed by atoms with van der Waals surface area (Å²) in [7, 11) is 5.47. The van der Waals surface area contributed by atoms with Crippen LogP contribution in [0.15, 0.2) is 23.2 Å². The Balaban J connectivity index is 1.60. The summed E-state index contributed by atoms with van der Waals surface area (Å²) in [6.45, 7) is 3.43. The zero-order valence-corrected chi connectivity index (χ0v) is 16.7. The van der Waals surface area contributed by atoms with Gasteiger partial charge >= 0.3 is 0 Å². The number of ether oxygens (including phenoxy) is 3. The van der Waals surface area contributed by atoms with Gasteiger partial charge in [0.1, 0.15) is 6.61 Å². The highest BCUT2D eigenvalue weighted by molar-refractivity contribution is 5.92. The number of carbonyl (C=O) groups excluding carboxylic acids is 1. The van der Waals surface area contributed by atoms with Crippen molar-refractivity contribution in [1.82, 2.24) is 9.80 Å². The molecule has 2 atom stereocenters. The Morgan fingerprint density at radius 2 is 1.96 bits per heavy atom. The van der Waals surface area contributed by atoms with E-state index in [4.69, 9.17) is 19.9 Å². The fourth-order valence-electron chi connectivity index (χ4n) is 3.68. The van der Waals surface area contributed by atoms with Crippen molar-refractivity contribution in [3.05, 3.63) is 23.8 Å². The number of nitrogens with zero attached hydrogens (tertiary/aromatic N) is 3. The fraction of sp³-hybridized carbons (Fsp3) is 0.579. The van der Waals surface area contributed by atoms with Crippen molar-refractivity contribution in [1.29, 1.82) is 0 Å². The second kappa shape index (κ2) is 9.33. The maximum absolute atomic E-state index is 12.6. The number of aliphatic imine (C=N–C) groups is 1. The molecule has 2 heterocycles. The van der Waals surface area contributed by atoms with Gasteiger partial charge in [-0.05, 0) is 25.2 Å². The summed E-state index contributed by atoms with van der Waals surface area (Å²) in [6.07, 6.45) is 0. The van der Waals surface area contributed by atoms with Crippen molar-refractivity contribution in [3.63, 3.8) is 0 Å². The number of likely N-dealkylation sites (N-methyl/N-ethyl adjacent to an activating group) is 1. The van der Waals surface area contributed by atoms with Crippen LogP contribution < -0.4 is 11.1 Å². The lowest BCUT2D eigenvalue weighted by Gasteiger charge is -2.44. The maximum atomic E-state index is 12.6. The van der Waals surface area contributed by atoms with Gasteiger partial charge in [0, 0.05) is 50.6 Å². The lowest BCUT2D eigenvalue weighted by molar-refractivity contribution is -0.119. The van der Waals surface area contributed by atoms with Gasteiger partial charge in [0.25, 0.3) is 6.02 Å². The minimum Gasteiger partial charge on any atom is -0.460 e. The van der Waals surface area contributed by atoms with Crippen molar-refractivity contribution >= 4 is 23.3 Å². The van der Waals surface area contributed by atoms with Crippen molar-refractivity contribution in [2.75, 3.05) is 59.4 Å². The molecule has 1 fully saturated rings. The number of amidine groups is 1. The largest absolute Gasteiger partial charge is 0.460 e. The van der Waals surface area contributed by atoms with Crippen LogP contribution >= 0.6 is 0 Å². The van der Waals surface area contributed by atoms with E-state index in [2.05, 4.69) is 27.2 Å². The van der Waals surface area contributed by atoms with E-state index in [1.54, 1.807) is 14.2 Å². The number of carbonyl (C=O) groups is 1. The van der Waals surface area contributed by atoms with Crippen LogP contribution in [0.5, 0.6) is 0 Å². The first-order valence-corrected chi connectivity index (χ1v) is 9.32. The molecule has 0 bridgehead atoms. The average molecular weight is 391 g/mol. The highest BCUT2D eigenvalue weighted by Crippen LogP contribution is 2.27. The van der Waals surface area contributed by atoms with Gasteiger partial charge < -0.3 is 25.3 Å². The molecular weight excluding hydrogens is 362 g/mol. The van der Waals surface area contributed by atoms with Crippen LogP contribution in [0.3, 0.4) is 0 Å². The summed E-state index contributed by atoms with van der Waals surface area (Å²) >= 11 is 0. The third-order valence-corrected chi connectivity index (χ3v) is 5.14.